The third kappa shape index (κ3) is 17.6. The lowest BCUT2D eigenvalue weighted by Gasteiger charge is -2.11. The van der Waals surface area contributed by atoms with E-state index in [-0.39, 0.29) is 6.10 Å². The fraction of sp³-hybridized carbons (Fsp3) is 0.900. The number of hydrogen-bond acceptors (Lipinski definition) is 4. The molecule has 2 unspecified atom stereocenters. The molecule has 0 saturated carbocycles. The normalized spacial score (nSPS) is 18.0. The first-order chi connectivity index (χ1) is 17.4. The van der Waals surface area contributed by atoms with E-state index in [1.165, 1.54) is 109 Å². The third-order valence-corrected chi connectivity index (χ3v) is 7.87. The highest BCUT2D eigenvalue weighted by atomic mass is 32.1. The van der Waals surface area contributed by atoms with Crippen LogP contribution in [0.4, 0.5) is 0 Å². The minimum atomic E-state index is 0.276. The Hall–Kier alpha value is -0.490. The summed E-state index contributed by atoms with van der Waals surface area (Å²) in [5, 5.41) is 2.14. The molecule has 0 aromatic carbocycles. The SMILES string of the molecule is CCCCCCCCCCCCCCOCC1COC(COCCCCCCC[n+]2ccsc2)C1. The molecule has 0 bridgehead atoms. The van der Waals surface area contributed by atoms with Crippen molar-refractivity contribution in [2.75, 3.05) is 33.0 Å². The molecular weight excluding hydrogens is 454 g/mol. The lowest BCUT2D eigenvalue weighted by molar-refractivity contribution is -0.692. The van der Waals surface area contributed by atoms with Crippen LogP contribution in [-0.2, 0) is 20.8 Å². The second kappa shape index (κ2) is 22.7. The van der Waals surface area contributed by atoms with Gasteiger partial charge in [0.2, 0.25) is 5.51 Å². The molecule has 35 heavy (non-hydrogen) atoms. The Morgan fingerprint density at radius 2 is 1.31 bits per heavy atom. The average Bonchev–Trinajstić information content (AvgIpc) is 3.55. The molecule has 1 aromatic heterocycles. The Morgan fingerprint density at radius 3 is 1.91 bits per heavy atom. The second-order valence-corrected chi connectivity index (χ2v) is 11.4. The number of rotatable bonds is 25. The maximum absolute atomic E-state index is 5.95. The molecule has 0 radical (unpaired) electrons. The average molecular weight is 511 g/mol. The van der Waals surface area contributed by atoms with Crippen LogP contribution in [0, 0.1) is 5.92 Å². The van der Waals surface area contributed by atoms with E-state index < -0.39 is 0 Å². The van der Waals surface area contributed by atoms with E-state index in [9.17, 15) is 0 Å². The van der Waals surface area contributed by atoms with Gasteiger partial charge < -0.3 is 14.2 Å². The Morgan fingerprint density at radius 1 is 0.743 bits per heavy atom. The molecule has 1 saturated heterocycles. The van der Waals surface area contributed by atoms with E-state index in [0.29, 0.717) is 5.92 Å². The Balaban J connectivity index is 1.26. The molecule has 1 aromatic rings. The van der Waals surface area contributed by atoms with E-state index in [1.54, 1.807) is 11.3 Å². The molecule has 1 aliphatic rings. The molecule has 0 amide bonds. The molecule has 4 nitrogen and oxygen atoms in total. The van der Waals surface area contributed by atoms with Crippen molar-refractivity contribution in [2.45, 2.75) is 135 Å². The summed E-state index contributed by atoms with van der Waals surface area (Å²) < 4.78 is 20.0. The van der Waals surface area contributed by atoms with Crippen molar-refractivity contribution < 1.29 is 18.8 Å². The third-order valence-electron chi connectivity index (χ3n) is 7.20. The van der Waals surface area contributed by atoms with Gasteiger partial charge in [0, 0.05) is 25.6 Å². The highest BCUT2D eigenvalue weighted by molar-refractivity contribution is 7.07. The monoisotopic (exact) mass is 510 g/mol. The first-order valence-corrected chi connectivity index (χ1v) is 16.0. The van der Waals surface area contributed by atoms with Gasteiger partial charge in [-0.1, -0.05) is 102 Å². The standard InChI is InChI=1S/C30H56NO3S/c1-2-3-4-5-6-7-8-9-10-11-14-17-21-32-25-29-24-30(34-26-29)27-33-22-18-15-12-13-16-19-31-20-23-35-28-31/h20,23,28-30H,2-19,21-22,24-27H2,1H3/q+1. The number of unbranched alkanes of at least 4 members (excludes halogenated alkanes) is 15. The predicted octanol–water partition coefficient (Wildman–Crippen LogP) is 8.13. The molecule has 2 rings (SSSR count). The van der Waals surface area contributed by atoms with Crippen LogP contribution < -0.4 is 4.57 Å². The zero-order chi connectivity index (χ0) is 24.7. The van der Waals surface area contributed by atoms with E-state index in [4.69, 9.17) is 14.2 Å². The second-order valence-electron chi connectivity index (χ2n) is 10.6. The lowest BCUT2D eigenvalue weighted by Crippen LogP contribution is -2.29. The molecule has 0 aliphatic carbocycles. The minimum Gasteiger partial charge on any atom is -0.381 e. The van der Waals surface area contributed by atoms with E-state index in [1.807, 2.05) is 0 Å². The highest BCUT2D eigenvalue weighted by Crippen LogP contribution is 2.20. The fourth-order valence-electron chi connectivity index (χ4n) is 4.94. The van der Waals surface area contributed by atoms with Gasteiger partial charge in [-0.25, -0.2) is 0 Å². The van der Waals surface area contributed by atoms with Crippen LogP contribution in [-0.4, -0.2) is 39.1 Å². The van der Waals surface area contributed by atoms with Crippen LogP contribution in [0.3, 0.4) is 0 Å². The summed E-state index contributed by atoms with van der Waals surface area (Å²) in [5.74, 6) is 0.557. The Kier molecular flexibility index (Phi) is 19.9. The van der Waals surface area contributed by atoms with Crippen molar-refractivity contribution >= 4 is 11.3 Å². The van der Waals surface area contributed by atoms with Crippen molar-refractivity contribution in [2.24, 2.45) is 5.92 Å². The van der Waals surface area contributed by atoms with Gasteiger partial charge in [-0.2, -0.15) is 4.57 Å². The number of aryl methyl sites for hydroxylation is 1. The van der Waals surface area contributed by atoms with Crippen LogP contribution in [0.25, 0.3) is 0 Å². The smallest absolute Gasteiger partial charge is 0.224 e. The van der Waals surface area contributed by atoms with Crippen LogP contribution in [0.1, 0.15) is 122 Å². The number of hydrogen-bond donors (Lipinski definition) is 0. The number of thiazole rings is 1. The predicted molar refractivity (Wildman–Crippen MR) is 148 cm³/mol. The minimum absolute atomic E-state index is 0.276. The summed E-state index contributed by atoms with van der Waals surface area (Å²) in [6, 6.07) is 0. The van der Waals surface area contributed by atoms with Gasteiger partial charge in [-0.05, 0) is 25.7 Å². The summed E-state index contributed by atoms with van der Waals surface area (Å²) in [5.41, 5.74) is 2.19. The topological polar surface area (TPSA) is 31.6 Å². The van der Waals surface area contributed by atoms with Crippen LogP contribution >= 0.6 is 11.3 Å². The molecule has 2 atom stereocenters. The fourth-order valence-corrected chi connectivity index (χ4v) is 5.57. The summed E-state index contributed by atoms with van der Waals surface area (Å²) >= 11 is 1.77. The summed E-state index contributed by atoms with van der Waals surface area (Å²) in [6.45, 7) is 7.69. The quantitative estimate of drug-likeness (QED) is 0.0983. The lowest BCUT2D eigenvalue weighted by atomic mass is 10.1. The van der Waals surface area contributed by atoms with E-state index >= 15 is 0 Å². The van der Waals surface area contributed by atoms with Crippen LogP contribution in [0.5, 0.6) is 0 Å². The van der Waals surface area contributed by atoms with Crippen molar-refractivity contribution in [3.63, 3.8) is 0 Å². The largest absolute Gasteiger partial charge is 0.381 e. The summed E-state index contributed by atoms with van der Waals surface area (Å²) in [4.78, 5) is 0. The zero-order valence-corrected chi connectivity index (χ0v) is 23.8. The first-order valence-electron chi connectivity index (χ1n) is 15.1. The van der Waals surface area contributed by atoms with Gasteiger partial charge in [-0.3, -0.25) is 0 Å². The van der Waals surface area contributed by atoms with Crippen molar-refractivity contribution in [3.05, 3.63) is 17.1 Å². The van der Waals surface area contributed by atoms with Crippen LogP contribution in [0.2, 0.25) is 0 Å². The van der Waals surface area contributed by atoms with Crippen molar-refractivity contribution in [3.8, 4) is 0 Å². The van der Waals surface area contributed by atoms with Gasteiger partial charge >= 0.3 is 0 Å². The number of aromatic nitrogens is 1. The highest BCUT2D eigenvalue weighted by Gasteiger charge is 2.25. The molecule has 0 N–H and O–H groups in total. The van der Waals surface area contributed by atoms with Gasteiger partial charge in [0.05, 0.1) is 31.3 Å². The van der Waals surface area contributed by atoms with Crippen molar-refractivity contribution in [1.82, 2.24) is 0 Å². The van der Waals surface area contributed by atoms with Gasteiger partial charge in [0.1, 0.15) is 6.54 Å². The van der Waals surface area contributed by atoms with Crippen molar-refractivity contribution in [1.29, 1.82) is 0 Å². The van der Waals surface area contributed by atoms with E-state index in [2.05, 4.69) is 28.6 Å². The van der Waals surface area contributed by atoms with Gasteiger partial charge in [0.25, 0.3) is 0 Å². The summed E-state index contributed by atoms with van der Waals surface area (Å²) in [6.07, 6.45) is 26.6. The summed E-state index contributed by atoms with van der Waals surface area (Å²) in [7, 11) is 0. The molecule has 2 heterocycles. The molecular formula is C30H56NO3S+. The van der Waals surface area contributed by atoms with Gasteiger partial charge in [0.15, 0.2) is 6.20 Å². The first kappa shape index (κ1) is 30.7. The molecule has 1 fully saturated rings. The molecule has 0 spiro atoms. The van der Waals surface area contributed by atoms with Gasteiger partial charge in [-0.15, -0.1) is 0 Å². The maximum Gasteiger partial charge on any atom is 0.224 e. The number of nitrogens with zero attached hydrogens (tertiary/aromatic N) is 1. The number of ether oxygens (including phenoxy) is 3. The Labute approximate surface area is 221 Å². The molecule has 1 aliphatic heterocycles. The molecule has 5 heteroatoms. The molecule has 204 valence electrons. The zero-order valence-electron chi connectivity index (χ0n) is 22.9. The maximum atomic E-state index is 5.95. The Bertz CT molecular complexity index is 554. The van der Waals surface area contributed by atoms with E-state index in [0.717, 1.165) is 46.0 Å². The van der Waals surface area contributed by atoms with Crippen LogP contribution in [0.15, 0.2) is 17.1 Å².